The van der Waals surface area contributed by atoms with Crippen LogP contribution in [0.2, 0.25) is 0 Å². The van der Waals surface area contributed by atoms with Gasteiger partial charge < -0.3 is 42.9 Å². The van der Waals surface area contributed by atoms with Crippen molar-refractivity contribution in [1.82, 2.24) is 10.6 Å². The Morgan fingerprint density at radius 1 is 0.600 bits per heavy atom. The molecule has 6 aliphatic rings. The van der Waals surface area contributed by atoms with Crippen LogP contribution in [-0.4, -0.2) is 66.7 Å². The van der Waals surface area contributed by atoms with Crippen LogP contribution in [0.1, 0.15) is 135 Å². The van der Waals surface area contributed by atoms with E-state index in [1.165, 1.54) is 11.1 Å². The Morgan fingerprint density at radius 2 is 0.927 bits per heavy atom. The van der Waals surface area contributed by atoms with Crippen molar-refractivity contribution < 1.29 is 18.9 Å². The maximum atomic E-state index is 13.5. The van der Waals surface area contributed by atoms with Crippen molar-refractivity contribution in [3.05, 3.63) is 70.8 Å². The average Bonchev–Trinajstić information content (AvgIpc) is 3.18. The molecule has 6 fully saturated rings. The fourth-order valence-corrected chi connectivity index (χ4v) is 9.61. The molecule has 2 unspecified atom stereocenters. The molecular weight excluding hydrogens is 738 g/mol. The van der Waals surface area contributed by atoms with Crippen molar-refractivity contribution >= 4 is 54.6 Å². The molecule has 0 spiro atoms. The summed E-state index contributed by atoms with van der Waals surface area (Å²) in [7, 11) is 1.16. The average molecular weight is 795 g/mol. The topological polar surface area (TPSA) is 205 Å². The van der Waals surface area contributed by atoms with Crippen molar-refractivity contribution in [2.45, 2.75) is 136 Å². The van der Waals surface area contributed by atoms with Gasteiger partial charge >= 0.3 is 7.69 Å². The molecule has 0 heterocycles. The molecular formula is C40H56BCl2N8O4. The number of aliphatic imine (C=N–C) groups is 2. The van der Waals surface area contributed by atoms with Crippen LogP contribution < -0.4 is 33.6 Å². The maximum Gasteiger partial charge on any atom is 0.491 e. The fraction of sp³-hybridized carbons (Fsp3) is 0.600. The zero-order valence-electron chi connectivity index (χ0n) is 31.7. The first-order chi connectivity index (χ1) is 26.3. The predicted octanol–water partition coefficient (Wildman–Crippen LogP) is 5.34. The summed E-state index contributed by atoms with van der Waals surface area (Å²) in [6.07, 6.45) is 12.9. The Labute approximate surface area is 335 Å². The van der Waals surface area contributed by atoms with Crippen molar-refractivity contribution in [2.75, 3.05) is 13.1 Å². The van der Waals surface area contributed by atoms with E-state index in [-0.39, 0.29) is 44.3 Å². The first kappa shape index (κ1) is 41.1. The van der Waals surface area contributed by atoms with E-state index in [0.717, 1.165) is 84.7 Å². The van der Waals surface area contributed by atoms with Gasteiger partial charge in [-0.25, -0.2) is 0 Å². The number of nitrogens with one attached hydrogen (secondary N) is 2. The van der Waals surface area contributed by atoms with Crippen molar-refractivity contribution in [2.24, 2.45) is 32.9 Å². The van der Waals surface area contributed by atoms with E-state index in [0.29, 0.717) is 49.9 Å². The van der Waals surface area contributed by atoms with Gasteiger partial charge in [-0.15, -0.1) is 23.2 Å². The highest BCUT2D eigenvalue weighted by Crippen LogP contribution is 2.57. The van der Waals surface area contributed by atoms with Gasteiger partial charge in [-0.1, -0.05) is 24.3 Å². The van der Waals surface area contributed by atoms with Crippen LogP contribution in [0.5, 0.6) is 0 Å². The number of nitrogens with two attached hydrogens (primary N) is 4. The Balaban J connectivity index is 1.06. The molecule has 0 aromatic heterocycles. The third-order valence-corrected chi connectivity index (χ3v) is 13.8. The van der Waals surface area contributed by atoms with Crippen LogP contribution in [0, 0.1) is 0 Å². The van der Waals surface area contributed by atoms with Crippen LogP contribution >= 0.6 is 23.2 Å². The van der Waals surface area contributed by atoms with Crippen LogP contribution in [-0.2, 0) is 20.1 Å². The van der Waals surface area contributed by atoms with Crippen molar-refractivity contribution in [1.29, 1.82) is 0 Å². The number of carbonyl (C=O) groups is 2. The third-order valence-electron chi connectivity index (χ3n) is 12.7. The summed E-state index contributed by atoms with van der Waals surface area (Å²) in [4.78, 5) is 35.0. The summed E-state index contributed by atoms with van der Waals surface area (Å²) in [5.74, 6) is -0.597. The van der Waals surface area contributed by atoms with E-state index in [9.17, 15) is 9.59 Å². The summed E-state index contributed by atoms with van der Waals surface area (Å²) >= 11 is 13.5. The molecule has 0 aliphatic heterocycles. The number of hydrogen-bond acceptors (Lipinski definition) is 6. The van der Waals surface area contributed by atoms with E-state index in [4.69, 9.17) is 55.4 Å². The summed E-state index contributed by atoms with van der Waals surface area (Å²) in [5, 5.41) is 5.93. The number of rotatable bonds is 18. The van der Waals surface area contributed by atoms with Gasteiger partial charge in [-0.2, -0.15) is 0 Å². The number of guanidine groups is 2. The van der Waals surface area contributed by atoms with Gasteiger partial charge in [0.1, 0.15) is 12.5 Å². The summed E-state index contributed by atoms with van der Waals surface area (Å²) < 4.78 is 11.9. The van der Waals surface area contributed by atoms with E-state index in [1.54, 1.807) is 0 Å². The standard InChI is InChI=1S/C40H56BCl2N8O4/c42-39-19-13-37(14-20-39,15-21-39)29-9-5-27(6-10-29)33(52)50-31(3-1-25-48-35(44)45)54-41-55-32(4-2-26-49-36(46)47)51-34(53)28-7-11-30(12-8-28)38-16-22-40(43,23-17-38)24-18-38/h5-12,31-32H,1-4,13-26H2,(H,50,52)(H,51,53)(H4,44,45,48)(H4,46,47,49). The molecule has 12 nitrogen and oxygen atoms in total. The minimum atomic E-state index is -0.762. The number of alkyl halides is 2. The molecule has 10 N–H and O–H groups in total. The van der Waals surface area contributed by atoms with E-state index < -0.39 is 12.5 Å². The Kier molecular flexibility index (Phi) is 13.3. The molecule has 8 rings (SSSR count). The minimum absolute atomic E-state index is 0.0115. The van der Waals surface area contributed by atoms with Crippen LogP contribution in [0.15, 0.2) is 58.5 Å². The fourth-order valence-electron chi connectivity index (χ4n) is 9.04. The third kappa shape index (κ3) is 10.5. The van der Waals surface area contributed by atoms with E-state index >= 15 is 0 Å². The van der Waals surface area contributed by atoms with Crippen LogP contribution in [0.4, 0.5) is 0 Å². The van der Waals surface area contributed by atoms with Gasteiger partial charge in [0.15, 0.2) is 11.9 Å². The second kappa shape index (κ2) is 17.7. The Hall–Kier alpha value is -3.52. The lowest BCUT2D eigenvalue weighted by molar-refractivity contribution is 0.0602. The largest absolute Gasteiger partial charge is 0.491 e. The van der Waals surface area contributed by atoms with E-state index in [2.05, 4.69) is 44.9 Å². The lowest BCUT2D eigenvalue weighted by Crippen LogP contribution is -2.45. The molecule has 297 valence electrons. The molecule has 55 heavy (non-hydrogen) atoms. The summed E-state index contributed by atoms with van der Waals surface area (Å²) in [6, 6.07) is 15.8. The molecule has 6 saturated carbocycles. The number of halogens is 2. The van der Waals surface area contributed by atoms with Crippen LogP contribution in [0.3, 0.4) is 0 Å². The molecule has 2 amide bonds. The lowest BCUT2D eigenvalue weighted by Gasteiger charge is -2.51. The van der Waals surface area contributed by atoms with Crippen molar-refractivity contribution in [3.63, 3.8) is 0 Å². The number of amides is 2. The molecule has 2 atom stereocenters. The first-order valence-corrected chi connectivity index (χ1v) is 20.5. The maximum absolute atomic E-state index is 13.5. The van der Waals surface area contributed by atoms with Crippen LogP contribution in [0.25, 0.3) is 0 Å². The smallest absolute Gasteiger partial charge is 0.393 e. The van der Waals surface area contributed by atoms with Gasteiger partial charge in [0.25, 0.3) is 11.8 Å². The quantitative estimate of drug-likeness (QED) is 0.0290. The number of carbonyl (C=O) groups excluding carboxylic acids is 2. The molecule has 4 bridgehead atoms. The minimum Gasteiger partial charge on any atom is -0.393 e. The van der Waals surface area contributed by atoms with Gasteiger partial charge in [0, 0.05) is 34.0 Å². The van der Waals surface area contributed by atoms with Gasteiger partial charge in [0.05, 0.1) is 0 Å². The van der Waals surface area contributed by atoms with Gasteiger partial charge in [-0.05, 0) is 149 Å². The second-order valence-electron chi connectivity index (χ2n) is 16.2. The summed E-state index contributed by atoms with van der Waals surface area (Å²) in [6.45, 7) is 0.715. The first-order valence-electron chi connectivity index (χ1n) is 19.7. The normalized spacial score (nSPS) is 27.7. The van der Waals surface area contributed by atoms with Gasteiger partial charge in [0.2, 0.25) is 0 Å². The summed E-state index contributed by atoms with van der Waals surface area (Å²) in [5.41, 5.74) is 25.9. The highest BCUT2D eigenvalue weighted by Gasteiger charge is 2.49. The zero-order chi connectivity index (χ0) is 39.1. The number of fused-ring (bicyclic) bond motifs is 6. The number of benzene rings is 2. The lowest BCUT2D eigenvalue weighted by atomic mass is 9.57. The highest BCUT2D eigenvalue weighted by atomic mass is 35.5. The Morgan fingerprint density at radius 3 is 1.24 bits per heavy atom. The second-order valence-corrected chi connectivity index (χ2v) is 17.8. The molecule has 0 saturated heterocycles. The molecule has 2 aromatic rings. The monoisotopic (exact) mass is 793 g/mol. The van der Waals surface area contributed by atoms with Gasteiger partial charge in [-0.3, -0.25) is 19.6 Å². The number of nitrogens with zero attached hydrogens (tertiary/aromatic N) is 2. The molecule has 6 aliphatic carbocycles. The molecule has 2 aromatic carbocycles. The number of hydrogen-bond donors (Lipinski definition) is 6. The zero-order valence-corrected chi connectivity index (χ0v) is 33.2. The molecule has 1 radical (unpaired) electrons. The SMILES string of the molecule is NC(N)=NCCCC(NC(=O)c1ccc(C23CCC(Cl)(CC2)CC3)cc1)O[B]OC(CCCN=C(N)N)NC(=O)c1ccc(C23CCC(Cl)(CC2)CC3)cc1. The Bertz CT molecular complexity index is 1530. The molecule has 15 heteroatoms. The highest BCUT2D eigenvalue weighted by molar-refractivity contribution is 6.24. The van der Waals surface area contributed by atoms with E-state index in [1.807, 2.05) is 24.3 Å². The van der Waals surface area contributed by atoms with Crippen molar-refractivity contribution in [3.8, 4) is 0 Å². The predicted molar refractivity (Wildman–Crippen MR) is 219 cm³/mol.